The van der Waals surface area contributed by atoms with Gasteiger partial charge in [-0.05, 0) is 47.5 Å². The van der Waals surface area contributed by atoms with E-state index in [4.69, 9.17) is 13.7 Å². The van der Waals surface area contributed by atoms with E-state index in [1.807, 2.05) is 54.6 Å². The van der Waals surface area contributed by atoms with E-state index < -0.39 is 22.2 Å². The summed E-state index contributed by atoms with van der Waals surface area (Å²) in [6, 6.07) is 22.9. The monoisotopic (exact) mass is 523 g/mol. The van der Waals surface area contributed by atoms with E-state index in [0.29, 0.717) is 17.7 Å². The van der Waals surface area contributed by atoms with Crippen LogP contribution in [-0.4, -0.2) is 53.4 Å². The molecule has 3 aromatic rings. The van der Waals surface area contributed by atoms with E-state index in [1.54, 1.807) is 41.3 Å². The van der Waals surface area contributed by atoms with Gasteiger partial charge in [-0.1, -0.05) is 54.6 Å². The van der Waals surface area contributed by atoms with Crippen LogP contribution in [0.15, 0.2) is 84.9 Å². The fourth-order valence-corrected chi connectivity index (χ4v) is 4.03. The molecule has 0 aliphatic rings. The summed E-state index contributed by atoms with van der Waals surface area (Å²) in [6.07, 6.45) is 4.30. The minimum Gasteiger partial charge on any atom is -0.467 e. The lowest BCUT2D eigenvalue weighted by molar-refractivity contribution is -0.152. The molecule has 1 amide bonds. The first-order chi connectivity index (χ1) is 17.7. The van der Waals surface area contributed by atoms with E-state index in [0.717, 1.165) is 17.4 Å². The van der Waals surface area contributed by atoms with Crippen LogP contribution in [0.1, 0.15) is 21.5 Å². The van der Waals surface area contributed by atoms with Gasteiger partial charge in [0.15, 0.2) is 6.10 Å². The molecule has 0 fully saturated rings. The predicted octanol–water partition coefficient (Wildman–Crippen LogP) is 4.12. The second kappa shape index (κ2) is 12.8. The van der Waals surface area contributed by atoms with E-state index >= 15 is 0 Å². The zero-order valence-electron chi connectivity index (χ0n) is 20.9. The Morgan fingerprint density at radius 3 is 2.14 bits per heavy atom. The van der Waals surface area contributed by atoms with Crippen LogP contribution in [0.25, 0.3) is 6.08 Å². The topological polar surface area (TPSA) is 99.2 Å². The predicted molar refractivity (Wildman–Crippen MR) is 142 cm³/mol. The van der Waals surface area contributed by atoms with Gasteiger partial charge in [0.25, 0.3) is 5.91 Å². The average molecular weight is 524 g/mol. The fourth-order valence-electron chi connectivity index (χ4n) is 3.57. The number of esters is 1. The normalized spacial score (nSPS) is 12.2. The lowest BCUT2D eigenvalue weighted by Crippen LogP contribution is -2.31. The minimum absolute atomic E-state index is 0.167. The van der Waals surface area contributed by atoms with Gasteiger partial charge in [-0.15, -0.1) is 0 Å². The van der Waals surface area contributed by atoms with Crippen molar-refractivity contribution >= 4 is 33.8 Å². The first-order valence-electron chi connectivity index (χ1n) is 11.4. The third kappa shape index (κ3) is 8.30. The number of anilines is 1. The molecule has 0 saturated heterocycles. The lowest BCUT2D eigenvalue weighted by Gasteiger charge is -2.22. The van der Waals surface area contributed by atoms with E-state index in [9.17, 15) is 18.0 Å². The second-order valence-corrected chi connectivity index (χ2v) is 9.73. The van der Waals surface area contributed by atoms with Crippen LogP contribution in [0.3, 0.4) is 0 Å². The molecule has 0 aromatic heterocycles. The number of carbonyl (C=O) groups is 2. The van der Waals surface area contributed by atoms with Crippen LogP contribution in [0, 0.1) is 0 Å². The molecule has 0 aliphatic carbocycles. The van der Waals surface area contributed by atoms with Gasteiger partial charge in [0.05, 0.1) is 13.4 Å². The highest BCUT2D eigenvalue weighted by Crippen LogP contribution is 2.21. The summed E-state index contributed by atoms with van der Waals surface area (Å²) in [4.78, 5) is 26.8. The number of rotatable bonds is 11. The molecule has 3 aromatic carbocycles. The Morgan fingerprint density at radius 1 is 0.919 bits per heavy atom. The van der Waals surface area contributed by atoms with Crippen molar-refractivity contribution < 1.29 is 31.7 Å². The summed E-state index contributed by atoms with van der Waals surface area (Å²) in [5, 5.41) is 0. The SMILES string of the molecule is COC(=O)C(Cc1ccc(N(C/C=C/c2ccc(OS(C)(=O)=O)cc2)C(=O)c2ccccc2)cc1)OC. The molecular formula is C28H29NO7S. The van der Waals surface area contributed by atoms with Crippen LogP contribution in [-0.2, 0) is 30.8 Å². The van der Waals surface area contributed by atoms with Crippen molar-refractivity contribution in [2.45, 2.75) is 12.5 Å². The standard InChI is InChI=1S/C28H29NO7S/c1-34-26(28(31)35-2)20-22-11-15-24(16-12-22)29(27(30)23-9-5-4-6-10-23)19-7-8-21-13-17-25(18-14-21)36-37(3,32)33/h4-18,26H,19-20H2,1-3H3/b8-7+. The third-order valence-corrected chi connectivity index (χ3v) is 5.90. The number of methoxy groups -OCH3 is 2. The van der Waals surface area contributed by atoms with Crippen LogP contribution in [0.4, 0.5) is 5.69 Å². The van der Waals surface area contributed by atoms with Crippen molar-refractivity contribution in [1.29, 1.82) is 0 Å². The minimum atomic E-state index is -3.59. The molecule has 0 spiro atoms. The number of hydrogen-bond donors (Lipinski definition) is 0. The van der Waals surface area contributed by atoms with Crippen LogP contribution in [0.2, 0.25) is 0 Å². The quantitative estimate of drug-likeness (QED) is 0.275. The molecule has 0 saturated carbocycles. The summed E-state index contributed by atoms with van der Waals surface area (Å²) in [7, 11) is -0.826. The van der Waals surface area contributed by atoms with E-state index in [2.05, 4.69) is 0 Å². The summed E-state index contributed by atoms with van der Waals surface area (Å²) >= 11 is 0. The van der Waals surface area contributed by atoms with Crippen molar-refractivity contribution in [2.75, 3.05) is 31.9 Å². The molecule has 0 radical (unpaired) electrons. The van der Waals surface area contributed by atoms with Crippen molar-refractivity contribution in [1.82, 2.24) is 0 Å². The number of carbonyl (C=O) groups excluding carboxylic acids is 2. The van der Waals surface area contributed by atoms with E-state index in [-0.39, 0.29) is 18.2 Å². The zero-order chi connectivity index (χ0) is 26.8. The number of hydrogen-bond acceptors (Lipinski definition) is 7. The summed E-state index contributed by atoms with van der Waals surface area (Å²) in [5.41, 5.74) is 2.91. The molecule has 194 valence electrons. The molecule has 8 nitrogen and oxygen atoms in total. The average Bonchev–Trinajstić information content (AvgIpc) is 2.90. The molecule has 3 rings (SSSR count). The summed E-state index contributed by atoms with van der Waals surface area (Å²) in [5.74, 6) is -0.392. The summed E-state index contributed by atoms with van der Waals surface area (Å²) < 4.78 is 37.4. The Balaban J connectivity index is 1.79. The maximum absolute atomic E-state index is 13.3. The zero-order valence-corrected chi connectivity index (χ0v) is 21.7. The second-order valence-electron chi connectivity index (χ2n) is 8.16. The molecule has 37 heavy (non-hydrogen) atoms. The molecule has 9 heteroatoms. The van der Waals surface area contributed by atoms with Gasteiger partial charge >= 0.3 is 16.1 Å². The molecular weight excluding hydrogens is 494 g/mol. The smallest absolute Gasteiger partial charge is 0.335 e. The number of ether oxygens (including phenoxy) is 2. The number of nitrogens with zero attached hydrogens (tertiary/aromatic N) is 1. The highest BCUT2D eigenvalue weighted by atomic mass is 32.2. The van der Waals surface area contributed by atoms with Gasteiger partial charge in [0.2, 0.25) is 0 Å². The van der Waals surface area contributed by atoms with Crippen molar-refractivity contribution in [3.8, 4) is 5.75 Å². The van der Waals surface area contributed by atoms with Gasteiger partial charge in [-0.2, -0.15) is 8.42 Å². The van der Waals surface area contributed by atoms with Gasteiger partial charge in [-0.25, -0.2) is 4.79 Å². The first-order valence-corrected chi connectivity index (χ1v) is 13.2. The van der Waals surface area contributed by atoms with E-state index in [1.165, 1.54) is 14.2 Å². The Morgan fingerprint density at radius 2 is 1.57 bits per heavy atom. The molecule has 1 unspecified atom stereocenters. The number of benzene rings is 3. The van der Waals surface area contributed by atoms with Crippen molar-refractivity contribution in [3.63, 3.8) is 0 Å². The Kier molecular flexibility index (Phi) is 9.59. The van der Waals surface area contributed by atoms with Crippen LogP contribution >= 0.6 is 0 Å². The highest BCUT2D eigenvalue weighted by Gasteiger charge is 2.20. The molecule has 0 N–H and O–H groups in total. The molecule has 0 bridgehead atoms. The van der Waals surface area contributed by atoms with Crippen molar-refractivity contribution in [3.05, 3.63) is 102 Å². The third-order valence-electron chi connectivity index (χ3n) is 5.41. The lowest BCUT2D eigenvalue weighted by atomic mass is 10.1. The largest absolute Gasteiger partial charge is 0.467 e. The van der Waals surface area contributed by atoms with Gasteiger partial charge in [-0.3, -0.25) is 4.79 Å². The van der Waals surface area contributed by atoms with Crippen LogP contribution in [0.5, 0.6) is 5.75 Å². The maximum atomic E-state index is 13.3. The molecule has 0 heterocycles. The Bertz CT molecular complexity index is 1320. The Labute approximate surface area is 217 Å². The summed E-state index contributed by atoms with van der Waals surface area (Å²) in [6.45, 7) is 0.289. The maximum Gasteiger partial charge on any atom is 0.335 e. The van der Waals surface area contributed by atoms with Crippen molar-refractivity contribution in [2.24, 2.45) is 0 Å². The van der Waals surface area contributed by atoms with Gasteiger partial charge in [0.1, 0.15) is 5.75 Å². The Hall–Kier alpha value is -3.95. The fraction of sp³-hybridized carbons (Fsp3) is 0.214. The van der Waals surface area contributed by atoms with Gasteiger partial charge in [0, 0.05) is 31.3 Å². The van der Waals surface area contributed by atoms with Crippen LogP contribution < -0.4 is 9.08 Å². The highest BCUT2D eigenvalue weighted by molar-refractivity contribution is 7.86. The molecule has 0 aliphatic heterocycles. The number of amides is 1. The molecule has 1 atom stereocenters. The van der Waals surface area contributed by atoms with Gasteiger partial charge < -0.3 is 18.6 Å². The first kappa shape index (κ1) is 27.6.